The molecule has 0 aromatic heterocycles. The average molecular weight is 323 g/mol. The van der Waals surface area contributed by atoms with Crippen LogP contribution in [0.2, 0.25) is 0 Å². The molecule has 1 rings (SSSR count). The Kier molecular flexibility index (Phi) is 5.26. The van der Waals surface area contributed by atoms with Crippen molar-refractivity contribution in [2.24, 2.45) is 5.92 Å². The van der Waals surface area contributed by atoms with E-state index in [0.29, 0.717) is 10.9 Å². The zero-order chi connectivity index (χ0) is 13.8. The number of hydrogen-bond acceptors (Lipinski definition) is 1. The molecule has 0 spiro atoms. The maximum atomic E-state index is 12.2. The summed E-state index contributed by atoms with van der Waals surface area (Å²) >= 11 is 3.33. The minimum atomic E-state index is -4.67. The molecule has 0 saturated carbocycles. The quantitative estimate of drug-likeness (QED) is 0.707. The smallest absolute Gasteiger partial charge is 0.405 e. The summed E-state index contributed by atoms with van der Waals surface area (Å²) in [6.07, 6.45) is -2.95. The predicted octanol–water partition coefficient (Wildman–Crippen LogP) is 5.02. The van der Waals surface area contributed by atoms with E-state index in [1.54, 1.807) is 18.2 Å². The molecule has 1 aromatic carbocycles. The molecule has 5 heteroatoms. The van der Waals surface area contributed by atoms with Gasteiger partial charge in [0.15, 0.2) is 0 Å². The van der Waals surface area contributed by atoms with E-state index in [2.05, 4.69) is 20.7 Å². The Labute approximate surface area is 113 Å². The van der Waals surface area contributed by atoms with Crippen LogP contribution in [0.15, 0.2) is 29.8 Å². The molecule has 18 heavy (non-hydrogen) atoms. The lowest BCUT2D eigenvalue weighted by molar-refractivity contribution is -0.274. The lowest BCUT2D eigenvalue weighted by Gasteiger charge is -2.13. The van der Waals surface area contributed by atoms with Crippen LogP contribution in [0.5, 0.6) is 5.75 Å². The van der Waals surface area contributed by atoms with Crippen molar-refractivity contribution in [2.75, 3.05) is 5.33 Å². The summed E-state index contributed by atoms with van der Waals surface area (Å²) < 4.78 is 40.7. The molecule has 0 aliphatic heterocycles. The molecule has 1 aromatic rings. The Morgan fingerprint density at radius 3 is 2.44 bits per heavy atom. The van der Waals surface area contributed by atoms with Crippen molar-refractivity contribution < 1.29 is 17.9 Å². The Hall–Kier alpha value is -0.970. The van der Waals surface area contributed by atoms with Crippen molar-refractivity contribution in [1.29, 1.82) is 0 Å². The Morgan fingerprint density at radius 1 is 1.33 bits per heavy atom. The van der Waals surface area contributed by atoms with Crippen LogP contribution in [0.4, 0.5) is 13.2 Å². The van der Waals surface area contributed by atoms with Crippen LogP contribution in [-0.4, -0.2) is 11.7 Å². The SMILES string of the molecule is CC(C)/C(=C/c1ccccc1OC(F)(F)F)CBr. The summed E-state index contributed by atoms with van der Waals surface area (Å²) in [4.78, 5) is 0. The van der Waals surface area contributed by atoms with Crippen molar-refractivity contribution in [3.05, 3.63) is 35.4 Å². The first kappa shape index (κ1) is 15.1. The van der Waals surface area contributed by atoms with Crippen molar-refractivity contribution >= 4 is 22.0 Å². The monoisotopic (exact) mass is 322 g/mol. The van der Waals surface area contributed by atoms with Gasteiger partial charge in [0.2, 0.25) is 0 Å². The highest BCUT2D eigenvalue weighted by Gasteiger charge is 2.31. The molecule has 0 aliphatic rings. The van der Waals surface area contributed by atoms with E-state index in [9.17, 15) is 13.2 Å². The number of halogens is 4. The first-order valence-corrected chi connectivity index (χ1v) is 6.57. The van der Waals surface area contributed by atoms with Gasteiger partial charge in [0.05, 0.1) is 0 Å². The van der Waals surface area contributed by atoms with E-state index in [-0.39, 0.29) is 11.7 Å². The zero-order valence-corrected chi connectivity index (χ0v) is 11.7. The number of para-hydroxylation sites is 1. The maximum Gasteiger partial charge on any atom is 0.573 e. The highest BCUT2D eigenvalue weighted by atomic mass is 79.9. The molecule has 0 heterocycles. The van der Waals surface area contributed by atoms with Gasteiger partial charge < -0.3 is 4.74 Å². The molecule has 0 bridgehead atoms. The topological polar surface area (TPSA) is 9.23 Å². The number of allylic oxidation sites excluding steroid dienone is 1. The van der Waals surface area contributed by atoms with Crippen molar-refractivity contribution in [1.82, 2.24) is 0 Å². The Bertz CT molecular complexity index is 424. The van der Waals surface area contributed by atoms with E-state index in [1.807, 2.05) is 13.8 Å². The fourth-order valence-corrected chi connectivity index (χ4v) is 2.19. The number of benzene rings is 1. The van der Waals surface area contributed by atoms with Gasteiger partial charge in [0, 0.05) is 10.9 Å². The second-order valence-corrected chi connectivity index (χ2v) is 4.65. The predicted molar refractivity (Wildman–Crippen MR) is 69.7 cm³/mol. The van der Waals surface area contributed by atoms with Crippen molar-refractivity contribution in [3.8, 4) is 5.75 Å². The summed E-state index contributed by atoms with van der Waals surface area (Å²) in [5.41, 5.74) is 1.44. The first-order chi connectivity index (χ1) is 8.33. The second-order valence-electron chi connectivity index (χ2n) is 4.09. The van der Waals surface area contributed by atoms with Crippen LogP contribution in [0, 0.1) is 5.92 Å². The van der Waals surface area contributed by atoms with E-state index < -0.39 is 6.36 Å². The fourth-order valence-electron chi connectivity index (χ4n) is 1.38. The van der Waals surface area contributed by atoms with Gasteiger partial charge in [-0.05, 0) is 12.0 Å². The molecule has 0 fully saturated rings. The van der Waals surface area contributed by atoms with Gasteiger partial charge in [-0.1, -0.05) is 59.6 Å². The molecular weight excluding hydrogens is 309 g/mol. The highest BCUT2D eigenvalue weighted by Crippen LogP contribution is 2.29. The third kappa shape index (κ3) is 4.72. The third-order valence-electron chi connectivity index (χ3n) is 2.38. The molecule has 0 radical (unpaired) electrons. The van der Waals surface area contributed by atoms with E-state index >= 15 is 0 Å². The number of hydrogen-bond donors (Lipinski definition) is 0. The highest BCUT2D eigenvalue weighted by molar-refractivity contribution is 9.09. The Morgan fingerprint density at radius 2 is 1.94 bits per heavy atom. The van der Waals surface area contributed by atoms with Crippen LogP contribution in [0.3, 0.4) is 0 Å². The molecule has 0 unspecified atom stereocenters. The normalized spacial score (nSPS) is 12.9. The summed E-state index contributed by atoms with van der Waals surface area (Å²) in [5, 5.41) is 0.616. The van der Waals surface area contributed by atoms with E-state index in [1.165, 1.54) is 12.1 Å². The number of rotatable bonds is 4. The lowest BCUT2D eigenvalue weighted by Crippen LogP contribution is -2.17. The van der Waals surface area contributed by atoms with Crippen LogP contribution < -0.4 is 4.74 Å². The molecule has 1 nitrogen and oxygen atoms in total. The van der Waals surface area contributed by atoms with Gasteiger partial charge >= 0.3 is 6.36 Å². The third-order valence-corrected chi connectivity index (χ3v) is 3.03. The van der Waals surface area contributed by atoms with E-state index in [4.69, 9.17) is 0 Å². The first-order valence-electron chi connectivity index (χ1n) is 5.44. The van der Waals surface area contributed by atoms with Crippen LogP contribution >= 0.6 is 15.9 Å². The van der Waals surface area contributed by atoms with Crippen molar-refractivity contribution in [3.63, 3.8) is 0 Å². The largest absolute Gasteiger partial charge is 0.573 e. The van der Waals surface area contributed by atoms with Crippen LogP contribution in [0.25, 0.3) is 6.08 Å². The van der Waals surface area contributed by atoms with Gasteiger partial charge in [-0.2, -0.15) is 0 Å². The molecule has 0 N–H and O–H groups in total. The molecule has 0 saturated heterocycles. The molecule has 0 amide bonds. The van der Waals surface area contributed by atoms with Gasteiger partial charge in [0.25, 0.3) is 0 Å². The van der Waals surface area contributed by atoms with Gasteiger partial charge in [-0.25, -0.2) is 0 Å². The van der Waals surface area contributed by atoms with Gasteiger partial charge in [0.1, 0.15) is 5.75 Å². The minimum Gasteiger partial charge on any atom is -0.405 e. The summed E-state index contributed by atoms with van der Waals surface area (Å²) in [6, 6.07) is 6.11. The van der Waals surface area contributed by atoms with Gasteiger partial charge in [-0.15, -0.1) is 13.2 Å². The molecular formula is C13H14BrF3O. The Balaban J connectivity index is 3.09. The van der Waals surface area contributed by atoms with Crippen LogP contribution in [0.1, 0.15) is 19.4 Å². The number of ether oxygens (including phenoxy) is 1. The summed E-state index contributed by atoms with van der Waals surface area (Å²) in [5.74, 6) is 0.0763. The second kappa shape index (κ2) is 6.27. The summed E-state index contributed by atoms with van der Waals surface area (Å²) in [7, 11) is 0. The summed E-state index contributed by atoms with van der Waals surface area (Å²) in [6.45, 7) is 3.97. The zero-order valence-electron chi connectivity index (χ0n) is 10.1. The average Bonchev–Trinajstić information content (AvgIpc) is 2.25. The lowest BCUT2D eigenvalue weighted by atomic mass is 10.0. The molecule has 0 atom stereocenters. The van der Waals surface area contributed by atoms with Crippen LogP contribution in [-0.2, 0) is 0 Å². The fraction of sp³-hybridized carbons (Fsp3) is 0.385. The standard InChI is InChI=1S/C13H14BrF3O/c1-9(2)11(8-14)7-10-5-3-4-6-12(10)18-13(15,16)17/h3-7,9H,8H2,1-2H3/b11-7+. The van der Waals surface area contributed by atoms with Crippen molar-refractivity contribution in [2.45, 2.75) is 20.2 Å². The number of alkyl halides is 4. The molecule has 100 valence electrons. The molecule has 0 aliphatic carbocycles. The van der Waals surface area contributed by atoms with E-state index in [0.717, 1.165) is 5.57 Å². The van der Waals surface area contributed by atoms with Gasteiger partial charge in [-0.3, -0.25) is 0 Å². The maximum absolute atomic E-state index is 12.2. The minimum absolute atomic E-state index is 0.177.